The van der Waals surface area contributed by atoms with E-state index < -0.39 is 0 Å². The van der Waals surface area contributed by atoms with Crippen LogP contribution in [-0.2, 0) is 6.42 Å². The SMILES string of the molecule is Cc1cnc(C(=O)N2CCc3nc(-c4ccccn4)ncc3C2C)s1. The maximum absolute atomic E-state index is 12.7. The van der Waals surface area contributed by atoms with Crippen LogP contribution in [-0.4, -0.2) is 37.3 Å². The molecule has 1 aliphatic heterocycles. The lowest BCUT2D eigenvalue weighted by Gasteiger charge is -2.34. The fraction of sp³-hybridized carbons (Fsp3) is 0.278. The molecule has 126 valence electrons. The monoisotopic (exact) mass is 351 g/mol. The van der Waals surface area contributed by atoms with Crippen molar-refractivity contribution in [1.82, 2.24) is 24.8 Å². The first kappa shape index (κ1) is 15.8. The molecule has 0 N–H and O–H groups in total. The molecule has 0 saturated carbocycles. The summed E-state index contributed by atoms with van der Waals surface area (Å²) in [6.07, 6.45) is 6.00. The standard InChI is InChI=1S/C18H17N5OS/c1-11-9-21-17(25-11)18(24)23-8-6-14-13(12(23)2)10-20-16(22-14)15-5-3-4-7-19-15/h3-5,7,9-10,12H,6,8H2,1-2H3. The molecular formula is C18H17N5OS. The van der Waals surface area contributed by atoms with E-state index in [1.807, 2.05) is 43.1 Å². The van der Waals surface area contributed by atoms with Gasteiger partial charge in [0.05, 0.1) is 11.7 Å². The molecule has 1 aliphatic rings. The first-order chi connectivity index (χ1) is 12.1. The largest absolute Gasteiger partial charge is 0.329 e. The Morgan fingerprint density at radius 3 is 2.84 bits per heavy atom. The van der Waals surface area contributed by atoms with Crippen LogP contribution in [0, 0.1) is 6.92 Å². The van der Waals surface area contributed by atoms with E-state index in [9.17, 15) is 4.79 Å². The number of nitrogens with zero attached hydrogens (tertiary/aromatic N) is 5. The Labute approximate surface area is 149 Å². The van der Waals surface area contributed by atoms with Gasteiger partial charge in [-0.25, -0.2) is 15.0 Å². The Bertz CT molecular complexity index is 924. The number of fused-ring (bicyclic) bond motifs is 1. The maximum atomic E-state index is 12.7. The molecule has 0 spiro atoms. The Morgan fingerprint density at radius 1 is 1.24 bits per heavy atom. The topological polar surface area (TPSA) is 71.9 Å². The zero-order valence-corrected chi connectivity index (χ0v) is 14.8. The minimum absolute atomic E-state index is 0.0231. The van der Waals surface area contributed by atoms with Crippen molar-refractivity contribution in [1.29, 1.82) is 0 Å². The van der Waals surface area contributed by atoms with Crippen molar-refractivity contribution < 1.29 is 4.79 Å². The third-order valence-corrected chi connectivity index (χ3v) is 5.27. The summed E-state index contributed by atoms with van der Waals surface area (Å²) < 4.78 is 0. The Kier molecular flexibility index (Phi) is 4.01. The highest BCUT2D eigenvalue weighted by Crippen LogP contribution is 2.30. The number of thiazole rings is 1. The number of carbonyl (C=O) groups is 1. The first-order valence-electron chi connectivity index (χ1n) is 8.14. The van der Waals surface area contributed by atoms with Crippen LogP contribution in [0.4, 0.5) is 0 Å². The molecular weight excluding hydrogens is 334 g/mol. The van der Waals surface area contributed by atoms with Gasteiger partial charge in [-0.3, -0.25) is 9.78 Å². The van der Waals surface area contributed by atoms with Crippen molar-refractivity contribution in [2.45, 2.75) is 26.3 Å². The van der Waals surface area contributed by atoms with Gasteiger partial charge in [-0.15, -0.1) is 11.3 Å². The van der Waals surface area contributed by atoms with E-state index in [1.165, 1.54) is 11.3 Å². The Morgan fingerprint density at radius 2 is 2.12 bits per heavy atom. The fourth-order valence-electron chi connectivity index (χ4n) is 3.04. The van der Waals surface area contributed by atoms with Gasteiger partial charge in [0, 0.05) is 42.0 Å². The van der Waals surface area contributed by atoms with E-state index >= 15 is 0 Å². The summed E-state index contributed by atoms with van der Waals surface area (Å²) in [7, 11) is 0. The van der Waals surface area contributed by atoms with Crippen LogP contribution in [0.1, 0.15) is 38.9 Å². The van der Waals surface area contributed by atoms with E-state index in [-0.39, 0.29) is 11.9 Å². The zero-order chi connectivity index (χ0) is 17.4. The summed E-state index contributed by atoms with van der Waals surface area (Å²) in [6, 6.07) is 5.62. The second-order valence-electron chi connectivity index (χ2n) is 6.01. The van der Waals surface area contributed by atoms with Crippen molar-refractivity contribution in [2.24, 2.45) is 0 Å². The van der Waals surface area contributed by atoms with Crippen LogP contribution in [0.5, 0.6) is 0 Å². The first-order valence-corrected chi connectivity index (χ1v) is 8.96. The number of hydrogen-bond acceptors (Lipinski definition) is 6. The minimum atomic E-state index is -0.0711. The van der Waals surface area contributed by atoms with E-state index in [2.05, 4.69) is 19.9 Å². The minimum Gasteiger partial charge on any atom is -0.329 e. The molecule has 0 fully saturated rings. The average molecular weight is 351 g/mol. The second-order valence-corrected chi connectivity index (χ2v) is 7.25. The Hall–Kier alpha value is -2.67. The average Bonchev–Trinajstić information content (AvgIpc) is 3.08. The third-order valence-electron chi connectivity index (χ3n) is 4.37. The summed E-state index contributed by atoms with van der Waals surface area (Å²) in [6.45, 7) is 4.60. The molecule has 6 nitrogen and oxygen atoms in total. The fourth-order valence-corrected chi connectivity index (χ4v) is 3.76. The lowest BCUT2D eigenvalue weighted by molar-refractivity contribution is 0.0675. The molecule has 0 aliphatic carbocycles. The quantitative estimate of drug-likeness (QED) is 0.709. The number of aromatic nitrogens is 4. The van der Waals surface area contributed by atoms with Gasteiger partial charge in [0.2, 0.25) is 0 Å². The third kappa shape index (κ3) is 2.91. The van der Waals surface area contributed by atoms with Crippen LogP contribution in [0.2, 0.25) is 0 Å². The Balaban J connectivity index is 1.63. The van der Waals surface area contributed by atoms with Gasteiger partial charge < -0.3 is 4.90 Å². The zero-order valence-electron chi connectivity index (χ0n) is 14.0. The van der Waals surface area contributed by atoms with Crippen molar-refractivity contribution in [3.8, 4) is 11.5 Å². The number of carbonyl (C=O) groups excluding carboxylic acids is 1. The number of hydrogen-bond donors (Lipinski definition) is 0. The van der Waals surface area contributed by atoms with Crippen LogP contribution in [0.3, 0.4) is 0 Å². The molecule has 3 aromatic heterocycles. The summed E-state index contributed by atoms with van der Waals surface area (Å²) in [4.78, 5) is 33.3. The summed E-state index contributed by atoms with van der Waals surface area (Å²) in [5.74, 6) is 0.604. The highest BCUT2D eigenvalue weighted by atomic mass is 32.1. The van der Waals surface area contributed by atoms with Crippen LogP contribution in [0.25, 0.3) is 11.5 Å². The van der Waals surface area contributed by atoms with Crippen LogP contribution in [0.15, 0.2) is 36.8 Å². The molecule has 0 aromatic carbocycles. The molecule has 3 aromatic rings. The molecule has 25 heavy (non-hydrogen) atoms. The molecule has 1 atom stereocenters. The lowest BCUT2D eigenvalue weighted by atomic mass is 9.99. The van der Waals surface area contributed by atoms with Gasteiger partial charge in [-0.2, -0.15) is 0 Å². The van der Waals surface area contributed by atoms with E-state index in [0.717, 1.165) is 21.8 Å². The van der Waals surface area contributed by atoms with Gasteiger partial charge in [0.15, 0.2) is 10.8 Å². The van der Waals surface area contributed by atoms with Gasteiger partial charge in [-0.1, -0.05) is 6.07 Å². The molecule has 0 bridgehead atoms. The predicted octanol–water partition coefficient (Wildman–Crippen LogP) is 3.06. The number of amides is 1. The van der Waals surface area contributed by atoms with Crippen LogP contribution < -0.4 is 0 Å². The van der Waals surface area contributed by atoms with E-state index in [0.29, 0.717) is 23.8 Å². The number of aryl methyl sites for hydroxylation is 1. The van der Waals surface area contributed by atoms with Gasteiger partial charge in [-0.05, 0) is 26.0 Å². The molecule has 1 unspecified atom stereocenters. The lowest BCUT2D eigenvalue weighted by Crippen LogP contribution is -2.39. The van der Waals surface area contributed by atoms with Gasteiger partial charge in [0.1, 0.15) is 5.69 Å². The van der Waals surface area contributed by atoms with Crippen molar-refractivity contribution in [3.63, 3.8) is 0 Å². The van der Waals surface area contributed by atoms with Crippen molar-refractivity contribution in [3.05, 3.63) is 57.9 Å². The smallest absolute Gasteiger partial charge is 0.283 e. The molecule has 0 radical (unpaired) electrons. The second kappa shape index (κ2) is 6.33. The molecule has 0 saturated heterocycles. The van der Waals surface area contributed by atoms with E-state index in [4.69, 9.17) is 0 Å². The van der Waals surface area contributed by atoms with Gasteiger partial charge in [0.25, 0.3) is 5.91 Å². The molecule has 4 heterocycles. The highest BCUT2D eigenvalue weighted by molar-refractivity contribution is 7.13. The van der Waals surface area contributed by atoms with E-state index in [1.54, 1.807) is 12.4 Å². The van der Waals surface area contributed by atoms with Gasteiger partial charge >= 0.3 is 0 Å². The number of pyridine rings is 1. The predicted molar refractivity (Wildman–Crippen MR) is 95.3 cm³/mol. The molecule has 7 heteroatoms. The molecule has 1 amide bonds. The van der Waals surface area contributed by atoms with Crippen LogP contribution >= 0.6 is 11.3 Å². The summed E-state index contributed by atoms with van der Waals surface area (Å²) in [5, 5.41) is 0.541. The number of rotatable bonds is 2. The van der Waals surface area contributed by atoms with Crippen molar-refractivity contribution in [2.75, 3.05) is 6.54 Å². The van der Waals surface area contributed by atoms with Crippen molar-refractivity contribution >= 4 is 17.2 Å². The molecule has 4 rings (SSSR count). The summed E-state index contributed by atoms with van der Waals surface area (Å²) in [5.41, 5.74) is 2.74. The normalized spacial score (nSPS) is 16.6. The maximum Gasteiger partial charge on any atom is 0.283 e. The summed E-state index contributed by atoms with van der Waals surface area (Å²) >= 11 is 1.43. The highest BCUT2D eigenvalue weighted by Gasteiger charge is 2.31.